The van der Waals surface area contributed by atoms with E-state index in [0.29, 0.717) is 0 Å². The predicted octanol–water partition coefficient (Wildman–Crippen LogP) is 6.56. The molecule has 0 aliphatic rings. The molecule has 0 spiro atoms. The van der Waals surface area contributed by atoms with Gasteiger partial charge in [0, 0.05) is 5.92 Å². The van der Waals surface area contributed by atoms with Crippen LogP contribution in [0.4, 0.5) is 87.8 Å². The highest BCUT2D eigenvalue weighted by molar-refractivity contribution is 5.21. The minimum absolute atomic E-state index is 0.771. The number of halogens is 20. The van der Waals surface area contributed by atoms with E-state index in [0.717, 1.165) is 0 Å². The Morgan fingerprint density at radius 3 is 0.774 bits per heavy atom. The molecule has 0 aliphatic heterocycles. The lowest BCUT2D eigenvalue weighted by atomic mass is 9.87. The van der Waals surface area contributed by atoms with Gasteiger partial charge in [-0.15, -0.1) is 4.39 Å². The van der Waals surface area contributed by atoms with Gasteiger partial charge in [-0.3, -0.25) is 0 Å². The fourth-order valence-corrected chi connectivity index (χ4v) is 1.50. The topological polar surface area (TPSA) is 0 Å². The Hall–Kier alpha value is -1.84. The molecule has 0 aliphatic carbocycles. The van der Waals surface area contributed by atoms with Crippen LogP contribution < -0.4 is 0 Å². The normalized spacial score (nSPS) is 16.1. The van der Waals surface area contributed by atoms with E-state index in [-0.39, 0.29) is 0 Å². The van der Waals surface area contributed by atoms with Crippen LogP contribution in [-0.2, 0) is 0 Å². The fourth-order valence-electron chi connectivity index (χ4n) is 1.50. The zero-order chi connectivity index (χ0) is 25.9. The standard InChI is InChI=1S/C11F20/c12-2-1-3(13,14)4(15,16)5(17,18)6(19,20)7(21,22)8(23,24)9(25,26)10(27,28)11(29,30)31. The molecule has 0 N–H and O–H groups in total. The summed E-state index contributed by atoms with van der Waals surface area (Å²) in [4.78, 5) is 0. The lowest BCUT2D eigenvalue weighted by molar-refractivity contribution is -0.466. The van der Waals surface area contributed by atoms with Gasteiger partial charge in [0.15, 0.2) is 0 Å². The van der Waals surface area contributed by atoms with Crippen molar-refractivity contribution in [1.29, 1.82) is 0 Å². The predicted molar refractivity (Wildman–Crippen MR) is 54.5 cm³/mol. The second-order valence-electron chi connectivity index (χ2n) is 5.31. The Morgan fingerprint density at radius 2 is 0.548 bits per heavy atom. The van der Waals surface area contributed by atoms with Gasteiger partial charge in [-0.2, -0.15) is 83.4 Å². The molecule has 0 radical (unpaired) electrons. The first-order chi connectivity index (χ1) is 13.1. The fraction of sp³-hybridized carbons (Fsp3) is 0.818. The second-order valence-corrected chi connectivity index (χ2v) is 5.31. The summed E-state index contributed by atoms with van der Waals surface area (Å²) in [6.45, 7) is 0. The van der Waals surface area contributed by atoms with E-state index in [4.69, 9.17) is 0 Å². The third-order valence-corrected chi connectivity index (χ3v) is 3.32. The molecule has 0 nitrogen and oxygen atoms in total. The van der Waals surface area contributed by atoms with Crippen LogP contribution in [0.3, 0.4) is 0 Å². The minimum atomic E-state index is -9.00. The van der Waals surface area contributed by atoms with E-state index < -0.39 is 65.7 Å². The van der Waals surface area contributed by atoms with Gasteiger partial charge in [0.05, 0.1) is 0 Å². The molecule has 0 heterocycles. The molecule has 0 unspecified atom stereocenters. The smallest absolute Gasteiger partial charge is 0.192 e. The van der Waals surface area contributed by atoms with Crippen LogP contribution in [0.1, 0.15) is 0 Å². The zero-order valence-electron chi connectivity index (χ0n) is 13.1. The van der Waals surface area contributed by atoms with Gasteiger partial charge in [-0.1, -0.05) is 0 Å². The molecule has 20 heteroatoms. The third-order valence-electron chi connectivity index (χ3n) is 3.32. The Kier molecular flexibility index (Phi) is 6.66. The van der Waals surface area contributed by atoms with Crippen molar-refractivity contribution in [3.8, 4) is 12.1 Å². The van der Waals surface area contributed by atoms with E-state index in [1.807, 2.05) is 0 Å². The van der Waals surface area contributed by atoms with Crippen molar-refractivity contribution in [2.24, 2.45) is 0 Å². The van der Waals surface area contributed by atoms with Crippen LogP contribution in [0.5, 0.6) is 0 Å². The summed E-state index contributed by atoms with van der Waals surface area (Å²) in [5.41, 5.74) is 0. The van der Waals surface area contributed by atoms with Crippen LogP contribution in [0.25, 0.3) is 0 Å². The number of hydrogen-bond acceptors (Lipinski definition) is 0. The highest BCUT2D eigenvalue weighted by Gasteiger charge is 2.96. The van der Waals surface area contributed by atoms with Crippen molar-refractivity contribution in [2.45, 2.75) is 53.6 Å². The molecule has 0 aromatic heterocycles. The maximum atomic E-state index is 13.2. The Bertz CT molecular complexity index is 726. The second kappa shape index (κ2) is 7.08. The van der Waals surface area contributed by atoms with Crippen molar-refractivity contribution >= 4 is 0 Å². The van der Waals surface area contributed by atoms with Crippen molar-refractivity contribution in [2.75, 3.05) is 0 Å². The van der Waals surface area contributed by atoms with Crippen LogP contribution in [0, 0.1) is 12.1 Å². The van der Waals surface area contributed by atoms with Gasteiger partial charge in [0.1, 0.15) is 6.17 Å². The van der Waals surface area contributed by atoms with Crippen molar-refractivity contribution in [3.05, 3.63) is 0 Å². The number of alkyl halides is 19. The van der Waals surface area contributed by atoms with E-state index in [1.54, 1.807) is 0 Å². The maximum Gasteiger partial charge on any atom is 0.460 e. The molecule has 0 fully saturated rings. The van der Waals surface area contributed by atoms with E-state index in [9.17, 15) is 87.8 Å². The summed E-state index contributed by atoms with van der Waals surface area (Å²) in [6, 6.07) is 0. The highest BCUT2D eigenvalue weighted by Crippen LogP contribution is 2.65. The van der Waals surface area contributed by atoms with E-state index in [2.05, 4.69) is 0 Å². The molecule has 0 saturated carbocycles. The lowest BCUT2D eigenvalue weighted by Gasteiger charge is -2.43. The highest BCUT2D eigenvalue weighted by atomic mass is 19.4. The molecule has 0 saturated heterocycles. The van der Waals surface area contributed by atoms with Gasteiger partial charge in [-0.05, 0) is 0 Å². The lowest BCUT2D eigenvalue weighted by Crippen LogP contribution is -2.75. The van der Waals surface area contributed by atoms with Crippen molar-refractivity contribution in [1.82, 2.24) is 0 Å². The van der Waals surface area contributed by atoms with E-state index in [1.165, 1.54) is 0 Å². The first kappa shape index (κ1) is 29.2. The van der Waals surface area contributed by atoms with Gasteiger partial charge >= 0.3 is 53.6 Å². The average molecular weight is 512 g/mol. The molecular formula is C11F20. The molecule has 0 atom stereocenters. The molecule has 0 bridgehead atoms. The Labute approximate surface area is 155 Å². The summed E-state index contributed by atoms with van der Waals surface area (Å²) < 4.78 is 254. The minimum Gasteiger partial charge on any atom is -0.192 e. The van der Waals surface area contributed by atoms with E-state index >= 15 is 0 Å². The van der Waals surface area contributed by atoms with Gasteiger partial charge in [0.25, 0.3) is 0 Å². The zero-order valence-corrected chi connectivity index (χ0v) is 13.1. The van der Waals surface area contributed by atoms with Crippen molar-refractivity contribution in [3.63, 3.8) is 0 Å². The van der Waals surface area contributed by atoms with Gasteiger partial charge < -0.3 is 0 Å². The first-order valence-electron chi connectivity index (χ1n) is 6.28. The summed E-state index contributed by atoms with van der Waals surface area (Å²) in [7, 11) is 0. The molecule has 0 aromatic carbocycles. The molecule has 31 heavy (non-hydrogen) atoms. The quantitative estimate of drug-likeness (QED) is 0.268. The molecular weight excluding hydrogens is 512 g/mol. The average Bonchev–Trinajstić information content (AvgIpc) is 2.52. The maximum absolute atomic E-state index is 13.2. The number of rotatable bonds is 7. The molecule has 0 rings (SSSR count). The third kappa shape index (κ3) is 3.50. The van der Waals surface area contributed by atoms with Crippen molar-refractivity contribution < 1.29 is 87.8 Å². The van der Waals surface area contributed by atoms with Crippen LogP contribution in [0.2, 0.25) is 0 Å². The van der Waals surface area contributed by atoms with Gasteiger partial charge in [0.2, 0.25) is 0 Å². The molecule has 184 valence electrons. The first-order valence-corrected chi connectivity index (χ1v) is 6.28. The number of hydrogen-bond donors (Lipinski definition) is 0. The Morgan fingerprint density at radius 1 is 0.323 bits per heavy atom. The van der Waals surface area contributed by atoms with Crippen LogP contribution in [0.15, 0.2) is 0 Å². The molecule has 0 amide bonds. The SMILES string of the molecule is FC#CC(F)(F)C(F)(F)C(F)(F)C(F)(F)C(F)(F)C(F)(F)C(F)(F)C(F)(F)C(F)(F)F. The summed E-state index contributed by atoms with van der Waals surface area (Å²) >= 11 is 0. The largest absolute Gasteiger partial charge is 0.460 e. The van der Waals surface area contributed by atoms with Crippen LogP contribution >= 0.6 is 0 Å². The van der Waals surface area contributed by atoms with Gasteiger partial charge in [-0.25, -0.2) is 0 Å². The molecule has 0 aromatic rings. The van der Waals surface area contributed by atoms with Crippen LogP contribution in [-0.4, -0.2) is 53.6 Å². The Balaban J connectivity index is 6.93. The summed E-state index contributed by atoms with van der Waals surface area (Å²) in [6.07, 6.45) is -8.70. The summed E-state index contributed by atoms with van der Waals surface area (Å²) in [5.74, 6) is -68.7. The monoisotopic (exact) mass is 512 g/mol. The summed E-state index contributed by atoms with van der Waals surface area (Å²) in [5, 5.41) is 0.